The molecule has 0 aromatic carbocycles. The Morgan fingerprint density at radius 2 is 1.97 bits per heavy atom. The first-order chi connectivity index (χ1) is 13.5. The predicted molar refractivity (Wildman–Crippen MR) is 127 cm³/mol. The van der Waals surface area contributed by atoms with E-state index >= 15 is 0 Å². The number of hydrogen-bond acceptors (Lipinski definition) is 5. The fourth-order valence-electron chi connectivity index (χ4n) is 3.90. The summed E-state index contributed by atoms with van der Waals surface area (Å²) >= 11 is 0. The lowest BCUT2D eigenvalue weighted by Crippen LogP contribution is -2.57. The van der Waals surface area contributed by atoms with Crippen LogP contribution in [0.3, 0.4) is 0 Å². The number of carbonyl (C=O) groups excluding carboxylic acids is 1. The number of carbonyl (C=O) groups is 1. The average Bonchev–Trinajstić information content (AvgIpc) is 3.14. The Morgan fingerprint density at radius 1 is 1.24 bits per heavy atom. The predicted octanol–water partition coefficient (Wildman–Crippen LogP) is 0.288. The maximum absolute atomic E-state index is 12.6. The molecular formula is C19H35IN8O. The van der Waals surface area contributed by atoms with Gasteiger partial charge in [-0.2, -0.15) is 5.10 Å². The van der Waals surface area contributed by atoms with Gasteiger partial charge in [0.1, 0.15) is 6.54 Å². The fourth-order valence-corrected chi connectivity index (χ4v) is 3.90. The summed E-state index contributed by atoms with van der Waals surface area (Å²) in [5.41, 5.74) is 0.856. The monoisotopic (exact) mass is 518 g/mol. The van der Waals surface area contributed by atoms with E-state index in [0.29, 0.717) is 19.1 Å². The number of anilines is 1. The molecule has 29 heavy (non-hydrogen) atoms. The second kappa shape index (κ2) is 11.1. The summed E-state index contributed by atoms with van der Waals surface area (Å²) in [6.45, 7) is 12.7. The lowest BCUT2D eigenvalue weighted by molar-refractivity contribution is -0.120. The maximum atomic E-state index is 12.6. The summed E-state index contributed by atoms with van der Waals surface area (Å²) in [6.07, 6.45) is 3.61. The van der Waals surface area contributed by atoms with Crippen LogP contribution in [-0.2, 0) is 11.8 Å². The number of amides is 1. The van der Waals surface area contributed by atoms with Gasteiger partial charge in [-0.3, -0.25) is 19.4 Å². The molecule has 2 aliphatic heterocycles. The Hall–Kier alpha value is -1.40. The molecule has 10 heteroatoms. The van der Waals surface area contributed by atoms with E-state index in [-0.39, 0.29) is 29.9 Å². The number of aromatic nitrogens is 2. The highest BCUT2D eigenvalue weighted by atomic mass is 127. The van der Waals surface area contributed by atoms with E-state index in [9.17, 15) is 4.79 Å². The molecule has 1 atom stereocenters. The van der Waals surface area contributed by atoms with Crippen molar-refractivity contribution in [2.75, 3.05) is 70.9 Å². The molecule has 1 amide bonds. The Kier molecular flexibility index (Phi) is 9.15. The molecule has 2 aliphatic rings. The van der Waals surface area contributed by atoms with Crippen LogP contribution >= 0.6 is 24.0 Å². The number of likely N-dealkylation sites (N-methyl/N-ethyl adjacent to an activating group) is 1. The van der Waals surface area contributed by atoms with E-state index in [1.165, 1.54) is 0 Å². The molecule has 3 rings (SSSR count). The molecule has 9 nitrogen and oxygen atoms in total. The van der Waals surface area contributed by atoms with Crippen molar-refractivity contribution in [1.29, 1.82) is 0 Å². The van der Waals surface area contributed by atoms with Crippen molar-refractivity contribution in [2.45, 2.75) is 19.9 Å². The molecule has 3 heterocycles. The van der Waals surface area contributed by atoms with Crippen LogP contribution in [0.15, 0.2) is 17.4 Å². The molecular weight excluding hydrogens is 483 g/mol. The van der Waals surface area contributed by atoms with Gasteiger partial charge in [-0.15, -0.1) is 24.0 Å². The minimum absolute atomic E-state index is 0. The zero-order valence-corrected chi connectivity index (χ0v) is 20.4. The first kappa shape index (κ1) is 23.9. The maximum Gasteiger partial charge on any atom is 0.246 e. The minimum Gasteiger partial charge on any atom is -0.355 e. The van der Waals surface area contributed by atoms with Crippen LogP contribution in [0.2, 0.25) is 0 Å². The number of aliphatic imine (C=N–C) groups is 1. The summed E-state index contributed by atoms with van der Waals surface area (Å²) in [5.74, 6) is 0.879. The largest absolute Gasteiger partial charge is 0.355 e. The standard InChI is InChI=1S/C19H34N8O.HI/c1-5-24-6-8-25(9-7-24)16(2)12-21-19(20-3)26-10-11-27(18(28)15-26)17-13-22-23(4)14-17;/h13-14,16H,5-12,15H2,1-4H3,(H,20,21);1H. The molecule has 1 aromatic heterocycles. The molecule has 0 spiro atoms. The van der Waals surface area contributed by atoms with Gasteiger partial charge in [-0.25, -0.2) is 0 Å². The Morgan fingerprint density at radius 3 is 2.52 bits per heavy atom. The van der Waals surface area contributed by atoms with Gasteiger partial charge in [0.25, 0.3) is 0 Å². The topological polar surface area (TPSA) is 72.2 Å². The normalized spacial score (nSPS) is 20.6. The van der Waals surface area contributed by atoms with E-state index in [4.69, 9.17) is 0 Å². The van der Waals surface area contributed by atoms with E-state index in [0.717, 1.165) is 57.5 Å². The molecule has 1 aromatic rings. The first-order valence-electron chi connectivity index (χ1n) is 10.2. The van der Waals surface area contributed by atoms with Gasteiger partial charge in [0.2, 0.25) is 5.91 Å². The number of nitrogens with one attached hydrogen (secondary N) is 1. The van der Waals surface area contributed by atoms with Gasteiger partial charge < -0.3 is 20.0 Å². The Bertz CT molecular complexity index is 686. The fraction of sp³-hybridized carbons (Fsp3) is 0.737. The number of piperazine rings is 2. The minimum atomic E-state index is 0. The van der Waals surface area contributed by atoms with Gasteiger partial charge in [0.05, 0.1) is 11.9 Å². The number of hydrogen-bond donors (Lipinski definition) is 1. The Labute approximate surface area is 191 Å². The van der Waals surface area contributed by atoms with E-state index in [2.05, 4.69) is 39.1 Å². The molecule has 2 fully saturated rings. The van der Waals surface area contributed by atoms with Gasteiger partial charge >= 0.3 is 0 Å². The second-order valence-corrected chi connectivity index (χ2v) is 7.59. The van der Waals surface area contributed by atoms with E-state index < -0.39 is 0 Å². The number of guanidine groups is 1. The number of nitrogens with zero attached hydrogens (tertiary/aromatic N) is 7. The highest BCUT2D eigenvalue weighted by Gasteiger charge is 2.28. The SMILES string of the molecule is CCN1CCN(C(C)CNC(=NC)N2CCN(c3cnn(C)c3)C(=O)C2)CC1.I. The number of rotatable bonds is 5. The first-order valence-corrected chi connectivity index (χ1v) is 10.2. The third-order valence-electron chi connectivity index (χ3n) is 5.77. The van der Waals surface area contributed by atoms with Crippen molar-refractivity contribution < 1.29 is 4.79 Å². The van der Waals surface area contributed by atoms with Crippen LogP contribution in [0, 0.1) is 0 Å². The van der Waals surface area contributed by atoms with E-state index in [1.54, 1.807) is 22.8 Å². The molecule has 0 aliphatic carbocycles. The zero-order valence-electron chi connectivity index (χ0n) is 18.0. The molecule has 0 saturated carbocycles. The average molecular weight is 518 g/mol. The summed E-state index contributed by atoms with van der Waals surface area (Å²) in [4.78, 5) is 25.9. The molecule has 2 saturated heterocycles. The van der Waals surface area contributed by atoms with Crippen LogP contribution in [0.1, 0.15) is 13.8 Å². The van der Waals surface area contributed by atoms with Crippen LogP contribution < -0.4 is 10.2 Å². The van der Waals surface area contributed by atoms with E-state index in [1.807, 2.05) is 18.1 Å². The third-order valence-corrected chi connectivity index (χ3v) is 5.77. The van der Waals surface area contributed by atoms with Crippen molar-refractivity contribution in [1.82, 2.24) is 29.8 Å². The lowest BCUT2D eigenvalue weighted by Gasteiger charge is -2.39. The third kappa shape index (κ3) is 6.05. The lowest BCUT2D eigenvalue weighted by atomic mass is 10.2. The molecule has 1 unspecified atom stereocenters. The molecule has 0 bridgehead atoms. The van der Waals surface area contributed by atoms with Gasteiger partial charge in [0.15, 0.2) is 5.96 Å². The van der Waals surface area contributed by atoms with Crippen molar-refractivity contribution in [3.63, 3.8) is 0 Å². The van der Waals surface area contributed by atoms with Gasteiger partial charge in [-0.1, -0.05) is 6.92 Å². The molecule has 1 N–H and O–H groups in total. The quantitative estimate of drug-likeness (QED) is 0.344. The molecule has 164 valence electrons. The summed E-state index contributed by atoms with van der Waals surface area (Å²) in [5, 5.41) is 7.64. The van der Waals surface area contributed by atoms with Crippen LogP contribution in [-0.4, -0.2) is 108 Å². The summed E-state index contributed by atoms with van der Waals surface area (Å²) < 4.78 is 1.72. The van der Waals surface area contributed by atoms with Crippen molar-refractivity contribution >= 4 is 41.5 Å². The van der Waals surface area contributed by atoms with Crippen LogP contribution in [0.5, 0.6) is 0 Å². The van der Waals surface area contributed by atoms with Gasteiger partial charge in [-0.05, 0) is 13.5 Å². The zero-order chi connectivity index (χ0) is 20.1. The smallest absolute Gasteiger partial charge is 0.246 e. The van der Waals surface area contributed by atoms with Crippen molar-refractivity contribution in [3.05, 3.63) is 12.4 Å². The number of halogens is 1. The van der Waals surface area contributed by atoms with Crippen molar-refractivity contribution in [2.24, 2.45) is 12.0 Å². The van der Waals surface area contributed by atoms with Crippen LogP contribution in [0.25, 0.3) is 0 Å². The van der Waals surface area contributed by atoms with Crippen molar-refractivity contribution in [3.8, 4) is 0 Å². The van der Waals surface area contributed by atoms with Gasteiger partial charge in [0, 0.05) is 72.1 Å². The molecule has 0 radical (unpaired) electrons. The van der Waals surface area contributed by atoms with Crippen LogP contribution in [0.4, 0.5) is 5.69 Å². The number of aryl methyl sites for hydroxylation is 1. The highest BCUT2D eigenvalue weighted by Crippen LogP contribution is 2.16. The second-order valence-electron chi connectivity index (χ2n) is 7.59. The summed E-state index contributed by atoms with van der Waals surface area (Å²) in [6, 6.07) is 0.433. The highest BCUT2D eigenvalue weighted by molar-refractivity contribution is 14.0. The summed E-state index contributed by atoms with van der Waals surface area (Å²) in [7, 11) is 3.64. The Balaban J connectivity index is 0.00000300.